The Labute approximate surface area is 160 Å². The maximum atomic E-state index is 4.51. The predicted molar refractivity (Wildman–Crippen MR) is 107 cm³/mol. The molecule has 0 saturated carbocycles. The van der Waals surface area contributed by atoms with E-state index in [1.54, 1.807) is 11.3 Å². The zero-order valence-electron chi connectivity index (χ0n) is 15.8. The van der Waals surface area contributed by atoms with Crippen LogP contribution < -0.4 is 4.90 Å². The first-order chi connectivity index (χ1) is 12.8. The molecule has 142 valence electrons. The molecule has 2 aliphatic rings. The molecule has 26 heavy (non-hydrogen) atoms. The van der Waals surface area contributed by atoms with E-state index in [0.29, 0.717) is 0 Å². The van der Waals surface area contributed by atoms with E-state index in [0.717, 1.165) is 49.5 Å². The topological polar surface area (TPSA) is 40.4 Å². The van der Waals surface area contributed by atoms with Crippen molar-refractivity contribution in [2.75, 3.05) is 50.7 Å². The van der Waals surface area contributed by atoms with Crippen LogP contribution in [-0.4, -0.2) is 70.4 Å². The highest BCUT2D eigenvalue weighted by molar-refractivity contribution is 7.17. The number of hydrogen-bond donors (Lipinski definition) is 0. The van der Waals surface area contributed by atoms with E-state index in [-0.39, 0.29) is 0 Å². The van der Waals surface area contributed by atoms with Gasteiger partial charge in [0.15, 0.2) is 0 Å². The summed E-state index contributed by atoms with van der Waals surface area (Å²) < 4.78 is 2.23. The third-order valence-corrected chi connectivity index (χ3v) is 6.60. The molecular weight excluding hydrogens is 344 g/mol. The number of nitrogens with zero attached hydrogens (tertiary/aromatic N) is 6. The number of aromatic nitrogens is 3. The fourth-order valence-corrected chi connectivity index (χ4v) is 4.83. The second-order valence-corrected chi connectivity index (χ2v) is 8.28. The normalized spacial score (nSPS) is 20.4. The molecule has 0 spiro atoms. The average molecular weight is 375 g/mol. The van der Waals surface area contributed by atoms with Crippen molar-refractivity contribution in [2.24, 2.45) is 0 Å². The van der Waals surface area contributed by atoms with Crippen molar-refractivity contribution < 1.29 is 0 Å². The van der Waals surface area contributed by atoms with Crippen molar-refractivity contribution in [2.45, 2.75) is 39.2 Å². The third kappa shape index (κ3) is 4.10. The summed E-state index contributed by atoms with van der Waals surface area (Å²) in [6, 6.07) is 4.35. The van der Waals surface area contributed by atoms with E-state index in [1.165, 1.54) is 44.5 Å². The van der Waals surface area contributed by atoms with Crippen LogP contribution in [0.15, 0.2) is 18.3 Å². The molecule has 2 fully saturated rings. The van der Waals surface area contributed by atoms with E-state index in [4.69, 9.17) is 0 Å². The van der Waals surface area contributed by atoms with Crippen molar-refractivity contribution in [3.63, 3.8) is 0 Å². The first-order valence-electron chi connectivity index (χ1n) is 10.0. The highest BCUT2D eigenvalue weighted by atomic mass is 32.1. The lowest BCUT2D eigenvalue weighted by molar-refractivity contribution is 0.130. The largest absolute Gasteiger partial charge is 0.347 e. The Morgan fingerprint density at radius 3 is 2.31 bits per heavy atom. The second kappa shape index (κ2) is 8.50. The van der Waals surface area contributed by atoms with E-state index in [1.807, 2.05) is 0 Å². The van der Waals surface area contributed by atoms with Gasteiger partial charge in [-0.05, 0) is 31.5 Å². The van der Waals surface area contributed by atoms with Crippen LogP contribution in [0, 0.1) is 0 Å². The summed E-state index contributed by atoms with van der Waals surface area (Å²) in [5, 5.41) is 11.1. The molecule has 2 aromatic heterocycles. The van der Waals surface area contributed by atoms with Gasteiger partial charge in [0.25, 0.3) is 0 Å². The van der Waals surface area contributed by atoms with Crippen LogP contribution in [0.4, 0.5) is 5.13 Å². The van der Waals surface area contributed by atoms with Gasteiger partial charge in [0, 0.05) is 57.7 Å². The van der Waals surface area contributed by atoms with Gasteiger partial charge in [-0.2, -0.15) is 0 Å². The zero-order chi connectivity index (χ0) is 17.8. The Morgan fingerprint density at radius 2 is 1.58 bits per heavy atom. The van der Waals surface area contributed by atoms with Gasteiger partial charge >= 0.3 is 0 Å². The monoisotopic (exact) mass is 374 g/mol. The van der Waals surface area contributed by atoms with Crippen LogP contribution in [-0.2, 0) is 6.54 Å². The van der Waals surface area contributed by atoms with Crippen LogP contribution in [0.25, 0.3) is 5.13 Å². The summed E-state index contributed by atoms with van der Waals surface area (Å²) in [6.45, 7) is 11.3. The summed E-state index contributed by atoms with van der Waals surface area (Å²) in [6.07, 6.45) is 7.36. The molecule has 0 amide bonds. The SMILES string of the molecule is CCN1CCN(Cc2cccn2-c2nnc(N3CCCCCC3)s2)CC1. The maximum absolute atomic E-state index is 4.51. The molecule has 2 aliphatic heterocycles. The van der Waals surface area contributed by atoms with Gasteiger partial charge in [-0.3, -0.25) is 9.47 Å². The number of hydrogen-bond acceptors (Lipinski definition) is 6. The Morgan fingerprint density at radius 1 is 0.885 bits per heavy atom. The molecule has 2 aromatic rings. The van der Waals surface area contributed by atoms with E-state index >= 15 is 0 Å². The first-order valence-corrected chi connectivity index (χ1v) is 10.8. The van der Waals surface area contributed by atoms with Crippen LogP contribution in [0.2, 0.25) is 0 Å². The third-order valence-electron chi connectivity index (χ3n) is 5.62. The molecule has 0 bridgehead atoms. The Bertz CT molecular complexity index is 680. The minimum Gasteiger partial charge on any atom is -0.347 e. The number of piperazine rings is 1. The van der Waals surface area contributed by atoms with Gasteiger partial charge in [-0.25, -0.2) is 0 Å². The fourth-order valence-electron chi connectivity index (χ4n) is 3.92. The highest BCUT2D eigenvalue weighted by Crippen LogP contribution is 2.27. The smallest absolute Gasteiger partial charge is 0.218 e. The molecule has 2 saturated heterocycles. The minimum absolute atomic E-state index is 0.989. The number of likely N-dealkylation sites (N-methyl/N-ethyl adjacent to an activating group) is 1. The van der Waals surface area contributed by atoms with Crippen molar-refractivity contribution >= 4 is 16.5 Å². The Balaban J connectivity index is 1.43. The Kier molecular flexibility index (Phi) is 5.87. The van der Waals surface area contributed by atoms with Crippen LogP contribution in [0.3, 0.4) is 0 Å². The van der Waals surface area contributed by atoms with Crippen molar-refractivity contribution in [1.29, 1.82) is 0 Å². The number of anilines is 1. The summed E-state index contributed by atoms with van der Waals surface area (Å²) >= 11 is 1.73. The van der Waals surface area contributed by atoms with Crippen molar-refractivity contribution in [1.82, 2.24) is 24.6 Å². The quantitative estimate of drug-likeness (QED) is 0.805. The highest BCUT2D eigenvalue weighted by Gasteiger charge is 2.19. The van der Waals surface area contributed by atoms with Crippen molar-refractivity contribution in [3.05, 3.63) is 24.0 Å². The molecule has 6 nitrogen and oxygen atoms in total. The molecule has 7 heteroatoms. The van der Waals surface area contributed by atoms with Crippen LogP contribution in [0.1, 0.15) is 38.3 Å². The summed E-state index contributed by atoms with van der Waals surface area (Å²) in [5.41, 5.74) is 1.31. The van der Waals surface area contributed by atoms with Gasteiger partial charge in [-0.1, -0.05) is 31.1 Å². The van der Waals surface area contributed by atoms with E-state index in [9.17, 15) is 0 Å². The van der Waals surface area contributed by atoms with Gasteiger partial charge in [-0.15, -0.1) is 10.2 Å². The molecule has 0 radical (unpaired) electrons. The van der Waals surface area contributed by atoms with Gasteiger partial charge in [0.2, 0.25) is 10.3 Å². The lowest BCUT2D eigenvalue weighted by Gasteiger charge is -2.34. The van der Waals surface area contributed by atoms with Crippen molar-refractivity contribution in [3.8, 4) is 5.13 Å². The minimum atomic E-state index is 0.989. The van der Waals surface area contributed by atoms with E-state index < -0.39 is 0 Å². The standard InChI is InChI=1S/C19H30N6S/c1-2-22-12-14-23(15-13-22)16-17-8-7-11-25(17)19-21-20-18(26-19)24-9-5-3-4-6-10-24/h7-8,11H,2-6,9-10,12-16H2,1H3. The maximum Gasteiger partial charge on any atom is 0.218 e. The van der Waals surface area contributed by atoms with Crippen LogP contribution in [0.5, 0.6) is 0 Å². The van der Waals surface area contributed by atoms with Gasteiger partial charge in [0.05, 0.1) is 0 Å². The molecule has 4 heterocycles. The number of rotatable bonds is 5. The van der Waals surface area contributed by atoms with E-state index in [2.05, 4.69) is 54.7 Å². The molecular formula is C19H30N6S. The second-order valence-electron chi connectivity index (χ2n) is 7.35. The summed E-state index contributed by atoms with van der Waals surface area (Å²) in [5.74, 6) is 0. The molecule has 4 rings (SSSR count). The molecule has 0 unspecified atom stereocenters. The van der Waals surface area contributed by atoms with Gasteiger partial charge in [0.1, 0.15) is 0 Å². The molecule has 0 atom stereocenters. The lowest BCUT2D eigenvalue weighted by atomic mass is 10.2. The summed E-state index contributed by atoms with van der Waals surface area (Å²) in [7, 11) is 0. The predicted octanol–water partition coefficient (Wildman–Crippen LogP) is 2.85. The zero-order valence-corrected chi connectivity index (χ0v) is 16.6. The van der Waals surface area contributed by atoms with Gasteiger partial charge < -0.3 is 9.80 Å². The van der Waals surface area contributed by atoms with Crippen LogP contribution >= 0.6 is 11.3 Å². The molecule has 0 aliphatic carbocycles. The summed E-state index contributed by atoms with van der Waals surface area (Å²) in [4.78, 5) is 7.49. The lowest BCUT2D eigenvalue weighted by Crippen LogP contribution is -2.45. The fraction of sp³-hybridized carbons (Fsp3) is 0.684. The first kappa shape index (κ1) is 17.9. The average Bonchev–Trinajstić information content (AvgIpc) is 3.25. The molecule has 0 N–H and O–H groups in total. The molecule has 0 aromatic carbocycles. The Hall–Kier alpha value is -1.44.